The molecular formula is C22H25N3O3. The first-order chi connectivity index (χ1) is 13.6. The van der Waals surface area contributed by atoms with Crippen LogP contribution in [0.3, 0.4) is 0 Å². The molecule has 6 heteroatoms. The van der Waals surface area contributed by atoms with Gasteiger partial charge in [0.25, 0.3) is 5.91 Å². The van der Waals surface area contributed by atoms with Crippen molar-refractivity contribution >= 4 is 17.0 Å². The van der Waals surface area contributed by atoms with Crippen molar-refractivity contribution < 1.29 is 13.9 Å². The van der Waals surface area contributed by atoms with E-state index in [9.17, 15) is 4.79 Å². The van der Waals surface area contributed by atoms with Gasteiger partial charge in [-0.05, 0) is 44.2 Å². The summed E-state index contributed by atoms with van der Waals surface area (Å²) < 4.78 is 11.5. The van der Waals surface area contributed by atoms with Crippen LogP contribution in [0.2, 0.25) is 0 Å². The van der Waals surface area contributed by atoms with Crippen molar-refractivity contribution in [3.05, 3.63) is 52.5 Å². The molecule has 1 N–H and O–H groups in total. The molecule has 0 aliphatic heterocycles. The Hall–Kier alpha value is -2.89. The molecule has 4 rings (SSSR count). The average Bonchev–Trinajstić information content (AvgIpc) is 3.00. The maximum absolute atomic E-state index is 12.6. The first-order valence-corrected chi connectivity index (χ1v) is 9.83. The zero-order valence-electron chi connectivity index (χ0n) is 16.5. The second-order valence-corrected chi connectivity index (χ2v) is 7.26. The molecule has 28 heavy (non-hydrogen) atoms. The van der Waals surface area contributed by atoms with Gasteiger partial charge in [-0.2, -0.15) is 9.97 Å². The Morgan fingerprint density at radius 1 is 1.29 bits per heavy atom. The normalized spacial score (nSPS) is 16.0. The number of hydrogen-bond acceptors (Lipinski definition) is 5. The molecule has 1 aliphatic carbocycles. The van der Waals surface area contributed by atoms with Gasteiger partial charge >= 0.3 is 0 Å². The maximum Gasteiger partial charge on any atom is 0.258 e. The van der Waals surface area contributed by atoms with E-state index in [1.165, 1.54) is 11.1 Å². The van der Waals surface area contributed by atoms with Gasteiger partial charge in [-0.1, -0.05) is 31.2 Å². The number of benzene rings is 1. The van der Waals surface area contributed by atoms with Gasteiger partial charge in [0.1, 0.15) is 17.0 Å². The first kappa shape index (κ1) is 18.5. The number of fused-ring (bicyclic) bond motifs is 2. The molecule has 1 aromatic carbocycles. The number of nitrogens with zero attached hydrogens (tertiary/aromatic N) is 2. The summed E-state index contributed by atoms with van der Waals surface area (Å²) in [5.74, 6) is 1.68. The van der Waals surface area contributed by atoms with Crippen LogP contribution >= 0.6 is 0 Å². The largest absolute Gasteiger partial charge is 0.467 e. The number of aryl methyl sites for hydroxylation is 4. The summed E-state index contributed by atoms with van der Waals surface area (Å²) in [5, 5.41) is 3.85. The van der Waals surface area contributed by atoms with Crippen LogP contribution in [0.25, 0.3) is 11.1 Å². The zero-order chi connectivity index (χ0) is 19.7. The molecule has 2 aromatic heterocycles. The predicted octanol–water partition coefficient (Wildman–Crippen LogP) is 3.97. The molecule has 0 unspecified atom stereocenters. The van der Waals surface area contributed by atoms with Crippen molar-refractivity contribution in [3.8, 4) is 5.88 Å². The molecule has 0 radical (unpaired) electrons. The highest BCUT2D eigenvalue weighted by Gasteiger charge is 2.22. The summed E-state index contributed by atoms with van der Waals surface area (Å²) in [6, 6.07) is 8.34. The van der Waals surface area contributed by atoms with Crippen molar-refractivity contribution in [2.24, 2.45) is 0 Å². The molecule has 146 valence electrons. The van der Waals surface area contributed by atoms with Gasteiger partial charge in [-0.25, -0.2) is 0 Å². The van der Waals surface area contributed by atoms with Crippen molar-refractivity contribution in [1.82, 2.24) is 15.3 Å². The minimum Gasteiger partial charge on any atom is -0.467 e. The highest BCUT2D eigenvalue weighted by Crippen LogP contribution is 2.31. The lowest BCUT2D eigenvalue weighted by molar-refractivity contribution is -0.124. The number of nitrogens with one attached hydrogen (secondary N) is 1. The number of hydrogen-bond donors (Lipinski definition) is 1. The van der Waals surface area contributed by atoms with E-state index >= 15 is 0 Å². The summed E-state index contributed by atoms with van der Waals surface area (Å²) in [5.41, 5.74) is 3.98. The van der Waals surface area contributed by atoms with E-state index in [0.29, 0.717) is 23.8 Å². The fourth-order valence-corrected chi connectivity index (χ4v) is 3.79. The van der Waals surface area contributed by atoms with Crippen LogP contribution in [-0.2, 0) is 17.6 Å². The topological polar surface area (TPSA) is 77.2 Å². The number of carbonyl (C=O) groups excluding carboxylic acids is 1. The lowest BCUT2D eigenvalue weighted by Crippen LogP contribution is -2.34. The van der Waals surface area contributed by atoms with Crippen molar-refractivity contribution in [1.29, 1.82) is 0 Å². The van der Waals surface area contributed by atoms with Gasteiger partial charge < -0.3 is 14.5 Å². The Balaban J connectivity index is 1.50. The monoisotopic (exact) mass is 379 g/mol. The van der Waals surface area contributed by atoms with Gasteiger partial charge in [-0.3, -0.25) is 4.79 Å². The average molecular weight is 379 g/mol. The Morgan fingerprint density at radius 2 is 2.11 bits per heavy atom. The predicted molar refractivity (Wildman–Crippen MR) is 106 cm³/mol. The van der Waals surface area contributed by atoms with Gasteiger partial charge in [-0.15, -0.1) is 0 Å². The third-order valence-corrected chi connectivity index (χ3v) is 5.40. The molecule has 6 nitrogen and oxygen atoms in total. The van der Waals surface area contributed by atoms with Crippen LogP contribution in [-0.4, -0.2) is 22.5 Å². The lowest BCUT2D eigenvalue weighted by Gasteiger charge is -2.26. The second-order valence-electron chi connectivity index (χ2n) is 7.26. The molecule has 3 aromatic rings. The fraction of sp³-hybridized carbons (Fsp3) is 0.409. The van der Waals surface area contributed by atoms with E-state index in [-0.39, 0.29) is 18.6 Å². The Bertz CT molecular complexity index is 1030. The van der Waals surface area contributed by atoms with E-state index in [1.54, 1.807) is 0 Å². The van der Waals surface area contributed by atoms with E-state index in [4.69, 9.17) is 9.15 Å². The fourth-order valence-electron chi connectivity index (χ4n) is 3.79. The van der Waals surface area contributed by atoms with Crippen LogP contribution < -0.4 is 10.1 Å². The lowest BCUT2D eigenvalue weighted by atomic mass is 9.88. The SMILES string of the molecule is CCc1nc(OCC(=O)N[C@@H]2CCCc3ccccc32)c2c(C)c(C)oc2n1. The number of furan rings is 1. The molecule has 1 aliphatic rings. The van der Waals surface area contributed by atoms with E-state index < -0.39 is 0 Å². The van der Waals surface area contributed by atoms with Gasteiger partial charge in [0.2, 0.25) is 11.6 Å². The molecule has 0 spiro atoms. The summed E-state index contributed by atoms with van der Waals surface area (Å²) in [6.45, 7) is 5.72. The number of aromatic nitrogens is 2. The summed E-state index contributed by atoms with van der Waals surface area (Å²) in [4.78, 5) is 21.5. The highest BCUT2D eigenvalue weighted by atomic mass is 16.5. The van der Waals surface area contributed by atoms with Crippen LogP contribution in [0.5, 0.6) is 5.88 Å². The van der Waals surface area contributed by atoms with Gasteiger partial charge in [0.05, 0.1) is 6.04 Å². The quantitative estimate of drug-likeness (QED) is 0.726. The first-order valence-electron chi connectivity index (χ1n) is 9.83. The standard InChI is InChI=1S/C22H25N3O3/c1-4-18-24-21(20-13(2)14(3)28-22(20)25-18)27-12-19(26)23-17-11-7-9-15-8-5-6-10-16(15)17/h5-6,8,10,17H,4,7,9,11-12H2,1-3H3,(H,23,26)/t17-/m1/s1. The number of ether oxygens (including phenoxy) is 1. The molecule has 0 bridgehead atoms. The third kappa shape index (κ3) is 3.46. The van der Waals surface area contributed by atoms with E-state index in [2.05, 4.69) is 27.4 Å². The third-order valence-electron chi connectivity index (χ3n) is 5.40. The van der Waals surface area contributed by atoms with Gasteiger partial charge in [0, 0.05) is 12.0 Å². The molecule has 0 saturated heterocycles. The number of carbonyl (C=O) groups is 1. The van der Waals surface area contributed by atoms with Crippen molar-refractivity contribution in [3.63, 3.8) is 0 Å². The molecule has 0 saturated carbocycles. The van der Waals surface area contributed by atoms with E-state index in [1.807, 2.05) is 32.9 Å². The van der Waals surface area contributed by atoms with Gasteiger partial charge in [0.15, 0.2) is 6.61 Å². The zero-order valence-corrected chi connectivity index (χ0v) is 16.5. The molecule has 0 fully saturated rings. The Labute approximate surface area is 164 Å². The Morgan fingerprint density at radius 3 is 2.93 bits per heavy atom. The maximum atomic E-state index is 12.6. The van der Waals surface area contributed by atoms with Crippen LogP contribution in [0.1, 0.15) is 54.1 Å². The molecule has 2 heterocycles. The Kier molecular flexibility index (Phi) is 5.03. The van der Waals surface area contributed by atoms with Crippen molar-refractivity contribution in [2.75, 3.05) is 6.61 Å². The summed E-state index contributed by atoms with van der Waals surface area (Å²) >= 11 is 0. The number of rotatable bonds is 5. The summed E-state index contributed by atoms with van der Waals surface area (Å²) in [6.07, 6.45) is 3.75. The molecule has 1 atom stereocenters. The van der Waals surface area contributed by atoms with E-state index in [0.717, 1.165) is 36.0 Å². The van der Waals surface area contributed by atoms with Crippen LogP contribution in [0, 0.1) is 13.8 Å². The highest BCUT2D eigenvalue weighted by molar-refractivity contribution is 5.85. The molecule has 1 amide bonds. The van der Waals surface area contributed by atoms with Crippen molar-refractivity contribution in [2.45, 2.75) is 52.5 Å². The minimum atomic E-state index is -0.149. The van der Waals surface area contributed by atoms with Crippen LogP contribution in [0.4, 0.5) is 0 Å². The number of amides is 1. The summed E-state index contributed by atoms with van der Waals surface area (Å²) in [7, 11) is 0. The molecular weight excluding hydrogens is 354 g/mol. The smallest absolute Gasteiger partial charge is 0.258 e. The minimum absolute atomic E-state index is 0.0376. The second kappa shape index (κ2) is 7.62. The van der Waals surface area contributed by atoms with Crippen LogP contribution in [0.15, 0.2) is 28.7 Å².